The number of ketones is 1. The number of rotatable bonds is 4. The molecule has 0 fully saturated rings. The molecule has 26 heavy (non-hydrogen) atoms. The van der Waals surface area contributed by atoms with Crippen molar-refractivity contribution in [2.45, 2.75) is 20.0 Å². The molecule has 2 heterocycles. The van der Waals surface area contributed by atoms with Crippen LogP contribution in [0.4, 0.5) is 4.39 Å². The van der Waals surface area contributed by atoms with Gasteiger partial charge in [-0.1, -0.05) is 29.5 Å². The number of halogens is 1. The maximum atomic E-state index is 13.4. The zero-order valence-electron chi connectivity index (χ0n) is 14.0. The smallest absolute Gasteiger partial charge is 0.423 e. The second kappa shape index (κ2) is 6.47. The minimum atomic E-state index is -0.948. The Morgan fingerprint density at radius 1 is 1.35 bits per heavy atom. The molecule has 0 saturated carbocycles. The van der Waals surface area contributed by atoms with Crippen molar-refractivity contribution >= 4 is 18.4 Å². The number of Topliss-reactive ketones (excluding diaryl/α,β-unsaturated/α-hetero) is 1. The van der Waals surface area contributed by atoms with Crippen LogP contribution < -0.4 is 5.46 Å². The predicted octanol–water partition coefficient (Wildman–Crippen LogP) is 1.36. The van der Waals surface area contributed by atoms with E-state index in [1.165, 1.54) is 16.8 Å². The largest absolute Gasteiger partial charge is 0.491 e. The number of benzene rings is 2. The van der Waals surface area contributed by atoms with E-state index in [0.29, 0.717) is 23.5 Å². The minimum Gasteiger partial charge on any atom is -0.423 e. The zero-order chi connectivity index (χ0) is 18.3. The van der Waals surface area contributed by atoms with Gasteiger partial charge in [-0.3, -0.25) is 4.79 Å². The lowest BCUT2D eigenvalue weighted by atomic mass is 9.78. The predicted molar refractivity (Wildman–Crippen MR) is 92.9 cm³/mol. The fourth-order valence-electron chi connectivity index (χ4n) is 3.08. The normalized spacial score (nSPS) is 13.1. The van der Waals surface area contributed by atoms with Gasteiger partial charge in [0.25, 0.3) is 0 Å². The summed E-state index contributed by atoms with van der Waals surface area (Å²) in [6, 6.07) is 11.4. The molecular formula is C18H15BFN3O3. The van der Waals surface area contributed by atoms with Gasteiger partial charge in [0.1, 0.15) is 5.82 Å². The fourth-order valence-corrected chi connectivity index (χ4v) is 3.08. The Bertz CT molecular complexity index is 1010. The van der Waals surface area contributed by atoms with Crippen molar-refractivity contribution in [2.75, 3.05) is 0 Å². The van der Waals surface area contributed by atoms with Crippen LogP contribution in [0.25, 0.3) is 5.69 Å². The van der Waals surface area contributed by atoms with Gasteiger partial charge >= 0.3 is 7.12 Å². The molecule has 0 radical (unpaired) electrons. The van der Waals surface area contributed by atoms with E-state index >= 15 is 0 Å². The summed E-state index contributed by atoms with van der Waals surface area (Å²) in [5.41, 5.74) is 3.67. The lowest BCUT2D eigenvalue weighted by Gasteiger charge is -2.05. The van der Waals surface area contributed by atoms with Gasteiger partial charge in [0.15, 0.2) is 11.5 Å². The highest BCUT2D eigenvalue weighted by Crippen LogP contribution is 2.16. The van der Waals surface area contributed by atoms with Gasteiger partial charge in [-0.25, -0.2) is 9.07 Å². The van der Waals surface area contributed by atoms with Crippen LogP contribution in [0.15, 0.2) is 42.5 Å². The molecule has 1 aliphatic heterocycles. The van der Waals surface area contributed by atoms with Crippen molar-refractivity contribution in [3.8, 4) is 5.69 Å². The molecule has 0 spiro atoms. The third-order valence-corrected chi connectivity index (χ3v) is 4.45. The van der Waals surface area contributed by atoms with E-state index in [0.717, 1.165) is 11.1 Å². The van der Waals surface area contributed by atoms with E-state index < -0.39 is 7.12 Å². The first-order chi connectivity index (χ1) is 12.5. The quantitative estimate of drug-likeness (QED) is 0.567. The summed E-state index contributed by atoms with van der Waals surface area (Å²) in [7, 11) is -0.948. The van der Waals surface area contributed by atoms with Crippen LogP contribution in [0, 0.1) is 12.7 Å². The van der Waals surface area contributed by atoms with E-state index in [2.05, 4.69) is 10.3 Å². The highest BCUT2D eigenvalue weighted by atomic mass is 19.1. The van der Waals surface area contributed by atoms with Crippen molar-refractivity contribution < 1.29 is 18.9 Å². The van der Waals surface area contributed by atoms with Crippen LogP contribution in [0.1, 0.15) is 27.3 Å². The first kappa shape index (κ1) is 16.6. The van der Waals surface area contributed by atoms with E-state index in [-0.39, 0.29) is 23.7 Å². The van der Waals surface area contributed by atoms with Gasteiger partial charge < -0.3 is 9.68 Å². The highest BCUT2D eigenvalue weighted by molar-refractivity contribution is 6.61. The molecule has 8 heteroatoms. The van der Waals surface area contributed by atoms with E-state index in [1.54, 1.807) is 25.1 Å². The highest BCUT2D eigenvalue weighted by Gasteiger charge is 2.27. The molecule has 0 aliphatic carbocycles. The van der Waals surface area contributed by atoms with Crippen LogP contribution >= 0.6 is 0 Å². The first-order valence-corrected chi connectivity index (χ1v) is 8.16. The third kappa shape index (κ3) is 2.93. The molecule has 1 N–H and O–H groups in total. The minimum absolute atomic E-state index is 0.128. The van der Waals surface area contributed by atoms with Crippen LogP contribution in [0.3, 0.4) is 0 Å². The van der Waals surface area contributed by atoms with Crippen molar-refractivity contribution in [1.29, 1.82) is 0 Å². The average molecular weight is 351 g/mol. The maximum absolute atomic E-state index is 13.4. The summed E-state index contributed by atoms with van der Waals surface area (Å²) in [5, 5.41) is 17.7. The van der Waals surface area contributed by atoms with Gasteiger partial charge in [0.05, 0.1) is 18.0 Å². The van der Waals surface area contributed by atoms with E-state index in [9.17, 15) is 14.2 Å². The van der Waals surface area contributed by atoms with Gasteiger partial charge in [-0.05, 0) is 41.7 Å². The monoisotopic (exact) mass is 351 g/mol. The molecule has 1 aliphatic rings. The van der Waals surface area contributed by atoms with Crippen molar-refractivity contribution in [3.05, 3.63) is 70.8 Å². The van der Waals surface area contributed by atoms with E-state index in [1.807, 2.05) is 12.1 Å². The molecule has 130 valence electrons. The summed E-state index contributed by atoms with van der Waals surface area (Å²) < 4.78 is 20.0. The number of hydrogen-bond acceptors (Lipinski definition) is 5. The Morgan fingerprint density at radius 2 is 2.19 bits per heavy atom. The van der Waals surface area contributed by atoms with Crippen LogP contribution in [0.2, 0.25) is 0 Å². The van der Waals surface area contributed by atoms with Crippen molar-refractivity contribution in [3.63, 3.8) is 0 Å². The Labute approximate surface area is 149 Å². The molecule has 2 aromatic carbocycles. The molecule has 0 amide bonds. The van der Waals surface area contributed by atoms with Crippen LogP contribution in [-0.4, -0.2) is 32.9 Å². The van der Waals surface area contributed by atoms with Crippen LogP contribution in [0.5, 0.6) is 0 Å². The van der Waals surface area contributed by atoms with Gasteiger partial charge in [0.2, 0.25) is 0 Å². The molecule has 0 atom stereocenters. The Kier molecular flexibility index (Phi) is 4.14. The van der Waals surface area contributed by atoms with Crippen LogP contribution in [-0.2, 0) is 17.7 Å². The van der Waals surface area contributed by atoms with Crippen molar-refractivity contribution in [1.82, 2.24) is 15.0 Å². The maximum Gasteiger partial charge on any atom is 0.491 e. The molecule has 0 saturated heterocycles. The third-order valence-electron chi connectivity index (χ3n) is 4.45. The Hall–Kier alpha value is -2.84. The summed E-state index contributed by atoms with van der Waals surface area (Å²) in [6.07, 6.45) is 0.128. The van der Waals surface area contributed by atoms with Gasteiger partial charge in [0, 0.05) is 6.42 Å². The lowest BCUT2D eigenvalue weighted by molar-refractivity contribution is 0.0987. The summed E-state index contributed by atoms with van der Waals surface area (Å²) >= 11 is 0. The summed E-state index contributed by atoms with van der Waals surface area (Å²) in [6.45, 7) is 2.09. The van der Waals surface area contributed by atoms with Gasteiger partial charge in [-0.2, -0.15) is 0 Å². The number of fused-ring (bicyclic) bond motifs is 1. The molecule has 3 aromatic rings. The first-order valence-electron chi connectivity index (χ1n) is 8.16. The Morgan fingerprint density at radius 3 is 3.00 bits per heavy atom. The lowest BCUT2D eigenvalue weighted by Crippen LogP contribution is -2.28. The van der Waals surface area contributed by atoms with Gasteiger partial charge in [-0.15, -0.1) is 5.10 Å². The number of carbonyl (C=O) groups excluding carboxylic acids is 1. The molecule has 4 rings (SSSR count). The van der Waals surface area contributed by atoms with Crippen molar-refractivity contribution in [2.24, 2.45) is 0 Å². The van der Waals surface area contributed by atoms with E-state index in [4.69, 9.17) is 4.65 Å². The molecule has 0 bridgehead atoms. The standard InChI is InChI=1S/C18H15BFN3O3/c1-11-18(21-22-23(11)15-4-2-3-14(20)9-15)17(24)8-12-5-6-13-10-26-19(25)16(13)7-12/h2-7,9,25H,8,10H2,1H3. The number of aromatic nitrogens is 3. The number of carbonyl (C=O) groups is 1. The molecule has 0 unspecified atom stereocenters. The second-order valence-electron chi connectivity index (χ2n) is 6.21. The Balaban J connectivity index is 1.59. The SMILES string of the molecule is Cc1c(C(=O)Cc2ccc3c(c2)B(O)OC3)nnn1-c1cccc(F)c1. The fraction of sp³-hybridized carbons (Fsp3) is 0.167. The molecule has 1 aromatic heterocycles. The summed E-state index contributed by atoms with van der Waals surface area (Å²) in [4.78, 5) is 12.6. The second-order valence-corrected chi connectivity index (χ2v) is 6.21. The summed E-state index contributed by atoms with van der Waals surface area (Å²) in [5.74, 6) is -0.581. The number of hydrogen-bond donors (Lipinski definition) is 1. The molecule has 6 nitrogen and oxygen atoms in total. The average Bonchev–Trinajstić information content (AvgIpc) is 3.18. The topological polar surface area (TPSA) is 77.2 Å². The number of nitrogens with zero attached hydrogens (tertiary/aromatic N) is 3. The zero-order valence-corrected chi connectivity index (χ0v) is 14.0. The molecular weight excluding hydrogens is 336 g/mol.